The number of methoxy groups -OCH3 is 2. The molecular formula is C24H24N4O3. The van der Waals surface area contributed by atoms with Crippen LogP contribution in [0.1, 0.15) is 33.5 Å². The van der Waals surface area contributed by atoms with Crippen LogP contribution in [0.5, 0.6) is 11.5 Å². The normalized spacial score (nSPS) is 11.9. The van der Waals surface area contributed by atoms with E-state index >= 15 is 0 Å². The van der Waals surface area contributed by atoms with Crippen LogP contribution < -0.4 is 14.8 Å². The van der Waals surface area contributed by atoms with E-state index in [-0.39, 0.29) is 5.91 Å². The molecule has 0 saturated carbocycles. The summed E-state index contributed by atoms with van der Waals surface area (Å²) in [6.07, 6.45) is 3.57. The van der Waals surface area contributed by atoms with Crippen LogP contribution >= 0.6 is 0 Å². The third-order valence-corrected chi connectivity index (χ3v) is 5.30. The van der Waals surface area contributed by atoms with Gasteiger partial charge in [0.25, 0.3) is 5.91 Å². The van der Waals surface area contributed by atoms with Gasteiger partial charge in [0.2, 0.25) is 0 Å². The number of carbonyl (C=O) groups excluding carboxylic acids is 1. The maximum Gasteiger partial charge on any atom is 0.253 e. The monoisotopic (exact) mass is 416 g/mol. The van der Waals surface area contributed by atoms with E-state index in [1.807, 2.05) is 73.3 Å². The number of benzene rings is 2. The van der Waals surface area contributed by atoms with E-state index in [0.717, 1.165) is 28.0 Å². The molecule has 2 aromatic heterocycles. The van der Waals surface area contributed by atoms with Crippen LogP contribution in [0.2, 0.25) is 0 Å². The first-order valence-corrected chi connectivity index (χ1v) is 9.87. The van der Waals surface area contributed by atoms with E-state index in [9.17, 15) is 4.79 Å². The highest BCUT2D eigenvalue weighted by Crippen LogP contribution is 2.25. The van der Waals surface area contributed by atoms with E-state index in [4.69, 9.17) is 9.47 Å². The third kappa shape index (κ3) is 4.07. The van der Waals surface area contributed by atoms with Crippen LogP contribution in [-0.4, -0.2) is 34.7 Å². The Kier molecular flexibility index (Phi) is 5.58. The molecule has 1 amide bonds. The first-order valence-electron chi connectivity index (χ1n) is 9.87. The fourth-order valence-electron chi connectivity index (χ4n) is 3.57. The highest BCUT2D eigenvalue weighted by atomic mass is 16.5. The first-order chi connectivity index (χ1) is 15.0. The first kappa shape index (κ1) is 20.4. The summed E-state index contributed by atoms with van der Waals surface area (Å²) >= 11 is 0. The minimum Gasteiger partial charge on any atom is -0.497 e. The number of amides is 1. The Labute approximate surface area is 180 Å². The van der Waals surface area contributed by atoms with Crippen molar-refractivity contribution in [2.45, 2.75) is 13.0 Å². The average molecular weight is 416 g/mol. The van der Waals surface area contributed by atoms with Gasteiger partial charge >= 0.3 is 0 Å². The van der Waals surface area contributed by atoms with Crippen molar-refractivity contribution >= 4 is 16.8 Å². The predicted molar refractivity (Wildman–Crippen MR) is 119 cm³/mol. The highest BCUT2D eigenvalue weighted by molar-refractivity contribution is 5.99. The Balaban J connectivity index is 1.72. The van der Waals surface area contributed by atoms with Gasteiger partial charge < -0.3 is 19.4 Å². The van der Waals surface area contributed by atoms with Gasteiger partial charge in [0.1, 0.15) is 23.4 Å². The van der Waals surface area contributed by atoms with Gasteiger partial charge in [-0.25, -0.2) is 4.98 Å². The Hall–Kier alpha value is -3.87. The van der Waals surface area contributed by atoms with Crippen LogP contribution in [0.3, 0.4) is 0 Å². The Morgan fingerprint density at radius 3 is 2.39 bits per heavy atom. The zero-order chi connectivity index (χ0) is 22.0. The molecule has 4 aromatic rings. The van der Waals surface area contributed by atoms with Crippen molar-refractivity contribution in [3.8, 4) is 11.5 Å². The topological polar surface area (TPSA) is 78.3 Å². The molecule has 0 aliphatic heterocycles. The molecule has 4 rings (SSSR count). The molecule has 0 saturated heterocycles. The number of nitrogens with one attached hydrogen (secondary N) is 1. The number of hydrogen-bond acceptors (Lipinski definition) is 5. The lowest BCUT2D eigenvalue weighted by atomic mass is 10.0. The minimum atomic E-state index is -0.432. The second-order valence-corrected chi connectivity index (χ2v) is 7.26. The summed E-state index contributed by atoms with van der Waals surface area (Å²) < 4.78 is 12.5. The summed E-state index contributed by atoms with van der Waals surface area (Å²) in [5.74, 6) is 1.97. The average Bonchev–Trinajstić information content (AvgIpc) is 3.22. The molecular weight excluding hydrogens is 392 g/mol. The molecule has 2 aromatic carbocycles. The Morgan fingerprint density at radius 1 is 1.03 bits per heavy atom. The number of carbonyl (C=O) groups is 1. The number of pyridine rings is 1. The molecule has 1 unspecified atom stereocenters. The number of rotatable bonds is 6. The fraction of sp³-hybridized carbons (Fsp3) is 0.208. The second-order valence-electron chi connectivity index (χ2n) is 7.26. The molecule has 7 heteroatoms. The molecule has 158 valence electrons. The van der Waals surface area contributed by atoms with E-state index < -0.39 is 6.04 Å². The van der Waals surface area contributed by atoms with Gasteiger partial charge in [-0.2, -0.15) is 0 Å². The lowest BCUT2D eigenvalue weighted by molar-refractivity contribution is 0.0940. The molecule has 0 fully saturated rings. The van der Waals surface area contributed by atoms with Crippen LogP contribution in [0.4, 0.5) is 0 Å². The van der Waals surface area contributed by atoms with Crippen molar-refractivity contribution < 1.29 is 14.3 Å². The largest absolute Gasteiger partial charge is 0.497 e. The molecule has 1 N–H and O–H groups in total. The van der Waals surface area contributed by atoms with Gasteiger partial charge in [0.15, 0.2) is 0 Å². The number of imidazole rings is 1. The number of ether oxygens (including phenoxy) is 2. The van der Waals surface area contributed by atoms with Crippen LogP contribution in [-0.2, 0) is 7.05 Å². The number of aromatic nitrogens is 3. The number of fused-ring (bicyclic) bond motifs is 1. The maximum atomic E-state index is 13.3. The van der Waals surface area contributed by atoms with Gasteiger partial charge in [-0.15, -0.1) is 0 Å². The predicted octanol–water partition coefficient (Wildman–Crippen LogP) is 3.81. The van der Waals surface area contributed by atoms with Crippen molar-refractivity contribution in [3.05, 3.63) is 83.6 Å². The number of nitrogens with zero attached hydrogens (tertiary/aromatic N) is 3. The number of aryl methyl sites for hydroxylation is 2. The SMILES string of the molecule is COc1ccc(C(NC(=O)c2cc3cc(OC)ccc3nc2C)c2nccn2C)cc1. The van der Waals surface area contributed by atoms with Crippen molar-refractivity contribution in [1.82, 2.24) is 19.9 Å². The molecule has 2 heterocycles. The van der Waals surface area contributed by atoms with Gasteiger partial charge in [-0.3, -0.25) is 9.78 Å². The molecule has 0 bridgehead atoms. The van der Waals surface area contributed by atoms with Crippen molar-refractivity contribution in [3.63, 3.8) is 0 Å². The zero-order valence-corrected chi connectivity index (χ0v) is 17.9. The van der Waals surface area contributed by atoms with Crippen molar-refractivity contribution in [1.29, 1.82) is 0 Å². The lowest BCUT2D eigenvalue weighted by Gasteiger charge is -2.20. The van der Waals surface area contributed by atoms with Crippen LogP contribution in [0, 0.1) is 6.92 Å². The third-order valence-electron chi connectivity index (χ3n) is 5.30. The van der Waals surface area contributed by atoms with Gasteiger partial charge in [0, 0.05) is 24.8 Å². The summed E-state index contributed by atoms with van der Waals surface area (Å²) in [6, 6.07) is 14.6. The van der Waals surface area contributed by atoms with Crippen molar-refractivity contribution in [2.75, 3.05) is 14.2 Å². The highest BCUT2D eigenvalue weighted by Gasteiger charge is 2.23. The van der Waals surface area contributed by atoms with E-state index in [0.29, 0.717) is 17.0 Å². The van der Waals surface area contributed by atoms with E-state index in [1.54, 1.807) is 20.4 Å². The number of hydrogen-bond donors (Lipinski definition) is 1. The van der Waals surface area contributed by atoms with Gasteiger partial charge in [-0.05, 0) is 48.9 Å². The van der Waals surface area contributed by atoms with Crippen LogP contribution in [0.15, 0.2) is 60.9 Å². The van der Waals surface area contributed by atoms with Gasteiger partial charge in [-0.1, -0.05) is 12.1 Å². The molecule has 31 heavy (non-hydrogen) atoms. The quantitative estimate of drug-likeness (QED) is 0.517. The second kappa shape index (κ2) is 8.47. The summed E-state index contributed by atoms with van der Waals surface area (Å²) in [6.45, 7) is 1.84. The minimum absolute atomic E-state index is 0.224. The van der Waals surface area contributed by atoms with E-state index in [2.05, 4.69) is 15.3 Å². The standard InChI is InChI=1S/C24H24N4O3/c1-15-20(14-17-13-19(31-4)9-10-21(17)26-15)24(29)27-22(23-25-11-12-28(23)2)16-5-7-18(30-3)8-6-16/h5-14,22H,1-4H3,(H,27,29). The molecule has 0 aliphatic rings. The maximum absolute atomic E-state index is 13.3. The summed E-state index contributed by atoms with van der Waals surface area (Å²) in [5.41, 5.74) is 2.87. The van der Waals surface area contributed by atoms with Crippen molar-refractivity contribution in [2.24, 2.45) is 7.05 Å². The van der Waals surface area contributed by atoms with E-state index in [1.165, 1.54) is 0 Å². The van der Waals surface area contributed by atoms with Crippen LogP contribution in [0.25, 0.3) is 10.9 Å². The molecule has 0 radical (unpaired) electrons. The summed E-state index contributed by atoms with van der Waals surface area (Å²) in [4.78, 5) is 22.4. The summed E-state index contributed by atoms with van der Waals surface area (Å²) in [7, 11) is 5.14. The fourth-order valence-corrected chi connectivity index (χ4v) is 3.57. The zero-order valence-electron chi connectivity index (χ0n) is 17.9. The molecule has 7 nitrogen and oxygen atoms in total. The molecule has 0 spiro atoms. The lowest BCUT2D eigenvalue weighted by Crippen LogP contribution is -2.31. The van der Waals surface area contributed by atoms with Gasteiger partial charge in [0.05, 0.1) is 31.0 Å². The Bertz CT molecular complexity index is 1230. The Morgan fingerprint density at radius 2 is 1.74 bits per heavy atom. The summed E-state index contributed by atoms with van der Waals surface area (Å²) in [5, 5.41) is 3.97. The molecule has 1 atom stereocenters. The molecule has 0 aliphatic carbocycles. The smallest absolute Gasteiger partial charge is 0.253 e.